The number of ether oxygens (including phenoxy) is 2. The van der Waals surface area contributed by atoms with Crippen LogP contribution in [0.4, 0.5) is 0 Å². The zero-order chi connectivity index (χ0) is 14.3. The van der Waals surface area contributed by atoms with Crippen LogP contribution in [0.3, 0.4) is 0 Å². The van der Waals surface area contributed by atoms with Gasteiger partial charge >= 0.3 is 5.97 Å². The third kappa shape index (κ3) is 5.61. The molecule has 106 valence electrons. The molecule has 1 aromatic carbocycles. The van der Waals surface area contributed by atoms with Crippen LogP contribution in [0.2, 0.25) is 0 Å². The normalized spacial score (nSPS) is 12.0. The van der Waals surface area contributed by atoms with Gasteiger partial charge < -0.3 is 14.6 Å². The lowest BCUT2D eigenvalue weighted by Crippen LogP contribution is -2.16. The molecule has 0 aromatic heterocycles. The number of unbranched alkanes of at least 4 members (excludes halogenated alkanes) is 1. The minimum absolute atomic E-state index is 0.153. The molecule has 0 saturated heterocycles. The predicted octanol–water partition coefficient (Wildman–Crippen LogP) is 3.22. The Hall–Kier alpha value is -1.07. The van der Waals surface area contributed by atoms with Crippen molar-refractivity contribution in [2.75, 3.05) is 13.2 Å². The van der Waals surface area contributed by atoms with Gasteiger partial charge in [0.05, 0.1) is 12.7 Å². The number of rotatable bonds is 7. The van der Waals surface area contributed by atoms with Crippen LogP contribution in [0.5, 0.6) is 5.75 Å². The molecule has 0 fully saturated rings. The average molecular weight is 331 g/mol. The van der Waals surface area contributed by atoms with E-state index in [0.29, 0.717) is 17.9 Å². The molecule has 0 spiro atoms. The first-order valence-electron chi connectivity index (χ1n) is 6.30. The lowest BCUT2D eigenvalue weighted by atomic mass is 10.1. The third-order valence-corrected chi connectivity index (χ3v) is 3.03. The highest BCUT2D eigenvalue weighted by atomic mass is 79.9. The number of benzene rings is 1. The summed E-state index contributed by atoms with van der Waals surface area (Å²) in [6.07, 6.45) is 1.17. The molecule has 1 aromatic rings. The molecule has 0 bridgehead atoms. The van der Waals surface area contributed by atoms with E-state index in [1.54, 1.807) is 19.1 Å². The molecule has 0 aliphatic carbocycles. The Balaban J connectivity index is 2.56. The molecule has 0 amide bonds. The van der Waals surface area contributed by atoms with Gasteiger partial charge in [-0.15, -0.1) is 0 Å². The third-order valence-electron chi connectivity index (χ3n) is 2.53. The van der Waals surface area contributed by atoms with Gasteiger partial charge in [-0.05, 0) is 25.5 Å². The SMILES string of the molecule is CCCCOC(=O)COc1cc(Br)ccc1C(C)O. The first kappa shape index (κ1) is 16.0. The molecule has 1 rings (SSSR count). The molecule has 0 heterocycles. The van der Waals surface area contributed by atoms with Gasteiger partial charge in [0, 0.05) is 10.0 Å². The number of carbonyl (C=O) groups is 1. The molecular weight excluding hydrogens is 312 g/mol. The lowest BCUT2D eigenvalue weighted by Gasteiger charge is -2.13. The Morgan fingerprint density at radius 3 is 2.84 bits per heavy atom. The minimum Gasteiger partial charge on any atom is -0.481 e. The zero-order valence-electron chi connectivity index (χ0n) is 11.2. The summed E-state index contributed by atoms with van der Waals surface area (Å²) >= 11 is 3.33. The van der Waals surface area contributed by atoms with Crippen molar-refractivity contribution in [3.63, 3.8) is 0 Å². The molecule has 0 aliphatic heterocycles. The summed E-state index contributed by atoms with van der Waals surface area (Å²) in [6, 6.07) is 5.29. The van der Waals surface area contributed by atoms with E-state index in [9.17, 15) is 9.90 Å². The van der Waals surface area contributed by atoms with E-state index in [4.69, 9.17) is 9.47 Å². The predicted molar refractivity (Wildman–Crippen MR) is 76.1 cm³/mol. The fraction of sp³-hybridized carbons (Fsp3) is 0.500. The Kier molecular flexibility index (Phi) is 6.87. The second kappa shape index (κ2) is 8.17. The maximum Gasteiger partial charge on any atom is 0.344 e. The summed E-state index contributed by atoms with van der Waals surface area (Å²) in [6.45, 7) is 3.94. The van der Waals surface area contributed by atoms with Crippen molar-refractivity contribution in [3.8, 4) is 5.75 Å². The molecule has 1 N–H and O–H groups in total. The monoisotopic (exact) mass is 330 g/mol. The van der Waals surface area contributed by atoms with Crippen LogP contribution in [0.25, 0.3) is 0 Å². The molecule has 5 heteroatoms. The number of esters is 1. The van der Waals surface area contributed by atoms with Crippen molar-refractivity contribution >= 4 is 21.9 Å². The Morgan fingerprint density at radius 2 is 2.21 bits per heavy atom. The summed E-state index contributed by atoms with van der Waals surface area (Å²) in [5.41, 5.74) is 0.643. The van der Waals surface area contributed by atoms with Crippen molar-refractivity contribution in [2.45, 2.75) is 32.8 Å². The van der Waals surface area contributed by atoms with Crippen LogP contribution >= 0.6 is 15.9 Å². The van der Waals surface area contributed by atoms with Crippen LogP contribution in [0.15, 0.2) is 22.7 Å². The molecule has 1 unspecified atom stereocenters. The number of aliphatic hydroxyl groups excluding tert-OH is 1. The van der Waals surface area contributed by atoms with E-state index in [1.165, 1.54) is 0 Å². The van der Waals surface area contributed by atoms with E-state index < -0.39 is 12.1 Å². The van der Waals surface area contributed by atoms with E-state index >= 15 is 0 Å². The summed E-state index contributed by atoms with van der Waals surface area (Å²) in [4.78, 5) is 11.4. The smallest absolute Gasteiger partial charge is 0.344 e. The van der Waals surface area contributed by atoms with Crippen molar-refractivity contribution in [1.29, 1.82) is 0 Å². The molecular formula is C14H19BrO4. The Morgan fingerprint density at radius 1 is 1.47 bits per heavy atom. The highest BCUT2D eigenvalue weighted by Crippen LogP contribution is 2.28. The van der Waals surface area contributed by atoms with Gasteiger partial charge in [-0.1, -0.05) is 35.3 Å². The number of carbonyl (C=O) groups excluding carboxylic acids is 1. The first-order chi connectivity index (χ1) is 9.04. The summed E-state index contributed by atoms with van der Waals surface area (Å²) < 4.78 is 11.2. The maximum absolute atomic E-state index is 11.4. The van der Waals surface area contributed by atoms with Crippen molar-refractivity contribution in [3.05, 3.63) is 28.2 Å². The van der Waals surface area contributed by atoms with Crippen LogP contribution in [0, 0.1) is 0 Å². The topological polar surface area (TPSA) is 55.8 Å². The van der Waals surface area contributed by atoms with Gasteiger partial charge in [0.2, 0.25) is 0 Å². The van der Waals surface area contributed by atoms with Gasteiger partial charge in [-0.2, -0.15) is 0 Å². The van der Waals surface area contributed by atoms with E-state index in [1.807, 2.05) is 13.0 Å². The zero-order valence-corrected chi connectivity index (χ0v) is 12.8. The van der Waals surface area contributed by atoms with Crippen molar-refractivity contribution < 1.29 is 19.4 Å². The Labute approximate surface area is 121 Å². The Bertz CT molecular complexity index is 418. The fourth-order valence-corrected chi connectivity index (χ4v) is 1.83. The van der Waals surface area contributed by atoms with Gasteiger partial charge in [-0.3, -0.25) is 0 Å². The molecule has 0 radical (unpaired) electrons. The maximum atomic E-state index is 11.4. The minimum atomic E-state index is -0.654. The lowest BCUT2D eigenvalue weighted by molar-refractivity contribution is -0.146. The molecule has 4 nitrogen and oxygen atoms in total. The standard InChI is InChI=1S/C14H19BrO4/c1-3-4-7-18-14(17)9-19-13-8-11(15)5-6-12(13)10(2)16/h5-6,8,10,16H,3-4,7,9H2,1-2H3. The number of hydrogen-bond acceptors (Lipinski definition) is 4. The molecule has 1 atom stereocenters. The van der Waals surface area contributed by atoms with Gasteiger partial charge in [0.1, 0.15) is 5.75 Å². The second-order valence-corrected chi connectivity index (χ2v) is 5.14. The highest BCUT2D eigenvalue weighted by molar-refractivity contribution is 9.10. The van der Waals surface area contributed by atoms with Gasteiger partial charge in [0.15, 0.2) is 6.61 Å². The number of halogens is 1. The summed E-state index contributed by atoms with van der Waals surface area (Å²) in [5, 5.41) is 9.62. The molecule has 0 aliphatic rings. The fourth-order valence-electron chi connectivity index (χ4n) is 1.49. The summed E-state index contributed by atoms with van der Waals surface area (Å²) in [7, 11) is 0. The van der Waals surface area contributed by atoms with Crippen molar-refractivity contribution in [1.82, 2.24) is 0 Å². The van der Waals surface area contributed by atoms with Gasteiger partial charge in [-0.25, -0.2) is 4.79 Å². The quantitative estimate of drug-likeness (QED) is 0.616. The summed E-state index contributed by atoms with van der Waals surface area (Å²) in [5.74, 6) is 0.0850. The average Bonchev–Trinajstić information content (AvgIpc) is 2.36. The van der Waals surface area contributed by atoms with Crippen LogP contribution in [0.1, 0.15) is 38.4 Å². The molecule has 19 heavy (non-hydrogen) atoms. The number of hydrogen-bond donors (Lipinski definition) is 1. The second-order valence-electron chi connectivity index (χ2n) is 4.22. The van der Waals surface area contributed by atoms with Gasteiger partial charge in [0.25, 0.3) is 0 Å². The van der Waals surface area contributed by atoms with Crippen LogP contribution in [-0.2, 0) is 9.53 Å². The first-order valence-corrected chi connectivity index (χ1v) is 7.09. The van der Waals surface area contributed by atoms with E-state index in [0.717, 1.165) is 17.3 Å². The van der Waals surface area contributed by atoms with Crippen LogP contribution in [-0.4, -0.2) is 24.3 Å². The van der Waals surface area contributed by atoms with Crippen molar-refractivity contribution in [2.24, 2.45) is 0 Å². The van der Waals surface area contributed by atoms with Crippen LogP contribution < -0.4 is 4.74 Å². The molecule has 0 saturated carbocycles. The number of aliphatic hydroxyl groups is 1. The van der Waals surface area contributed by atoms with E-state index in [-0.39, 0.29) is 6.61 Å². The van der Waals surface area contributed by atoms with E-state index in [2.05, 4.69) is 15.9 Å². The largest absolute Gasteiger partial charge is 0.481 e. The highest BCUT2D eigenvalue weighted by Gasteiger charge is 2.12.